The van der Waals surface area contributed by atoms with Crippen molar-refractivity contribution in [2.24, 2.45) is 5.73 Å². The Kier molecular flexibility index (Phi) is 2.92. The highest BCUT2D eigenvalue weighted by atomic mass is 35.5. The molecule has 0 atom stereocenters. The first kappa shape index (κ1) is 11.2. The van der Waals surface area contributed by atoms with Gasteiger partial charge in [-0.2, -0.15) is 0 Å². The van der Waals surface area contributed by atoms with Crippen LogP contribution in [0.4, 0.5) is 0 Å². The number of sulfonamides is 1. The average Bonchev–Trinajstić information content (AvgIpc) is 2.78. The van der Waals surface area contributed by atoms with Gasteiger partial charge in [0.15, 0.2) is 0 Å². The molecule has 0 bridgehead atoms. The summed E-state index contributed by atoms with van der Waals surface area (Å²) >= 11 is 0. The predicted molar refractivity (Wildman–Crippen MR) is 53.3 cm³/mol. The Morgan fingerprint density at radius 3 is 2.31 bits per heavy atom. The monoisotopic (exact) mass is 226 g/mol. The summed E-state index contributed by atoms with van der Waals surface area (Å²) in [5.41, 5.74) is 5.53. The third-order valence-corrected chi connectivity index (χ3v) is 4.38. The quantitative estimate of drug-likeness (QED) is 0.708. The molecule has 0 aromatic heterocycles. The highest BCUT2D eigenvalue weighted by molar-refractivity contribution is 7.90. The Hall–Kier alpha value is 0.160. The predicted octanol–water partition coefficient (Wildman–Crippen LogP) is -0.0187. The van der Waals surface area contributed by atoms with Crippen molar-refractivity contribution in [1.82, 2.24) is 4.72 Å². The van der Waals surface area contributed by atoms with Gasteiger partial charge in [-0.3, -0.25) is 0 Å². The maximum Gasteiger partial charge on any atom is 0.214 e. The summed E-state index contributed by atoms with van der Waals surface area (Å²) in [6.07, 6.45) is 3.51. The second-order valence-corrected chi connectivity index (χ2v) is 5.97. The Balaban J connectivity index is 0.000000845. The molecule has 13 heavy (non-hydrogen) atoms. The zero-order valence-corrected chi connectivity index (χ0v) is 8.96. The van der Waals surface area contributed by atoms with E-state index in [-0.39, 0.29) is 23.2 Å². The molecule has 6 heteroatoms. The Labute approximate surface area is 84.7 Å². The van der Waals surface area contributed by atoms with Crippen LogP contribution in [0.5, 0.6) is 0 Å². The Morgan fingerprint density at radius 1 is 1.38 bits per heavy atom. The van der Waals surface area contributed by atoms with Gasteiger partial charge in [0.2, 0.25) is 10.0 Å². The summed E-state index contributed by atoms with van der Waals surface area (Å²) in [6, 6.07) is 0. The molecule has 2 aliphatic carbocycles. The van der Waals surface area contributed by atoms with Crippen LogP contribution in [-0.4, -0.2) is 25.8 Å². The van der Waals surface area contributed by atoms with E-state index in [9.17, 15) is 8.42 Å². The second-order valence-electron chi connectivity index (χ2n) is 3.93. The molecular weight excluding hydrogens is 212 g/mol. The van der Waals surface area contributed by atoms with Gasteiger partial charge in [-0.15, -0.1) is 12.4 Å². The number of nitrogens with one attached hydrogen (secondary N) is 1. The van der Waals surface area contributed by atoms with Crippen molar-refractivity contribution in [2.45, 2.75) is 36.5 Å². The van der Waals surface area contributed by atoms with E-state index in [4.69, 9.17) is 5.73 Å². The van der Waals surface area contributed by atoms with Crippen molar-refractivity contribution in [3.8, 4) is 0 Å². The molecular formula is C7H15ClN2O2S. The average molecular weight is 227 g/mol. The number of nitrogens with two attached hydrogens (primary N) is 1. The van der Waals surface area contributed by atoms with Gasteiger partial charge >= 0.3 is 0 Å². The number of hydrogen-bond acceptors (Lipinski definition) is 3. The van der Waals surface area contributed by atoms with Gasteiger partial charge < -0.3 is 5.73 Å². The summed E-state index contributed by atoms with van der Waals surface area (Å²) in [4.78, 5) is 0. The van der Waals surface area contributed by atoms with E-state index >= 15 is 0 Å². The van der Waals surface area contributed by atoms with Crippen LogP contribution in [0.2, 0.25) is 0 Å². The molecule has 2 rings (SSSR count). The minimum absolute atomic E-state index is 0. The zero-order valence-electron chi connectivity index (χ0n) is 7.32. The van der Waals surface area contributed by atoms with Crippen LogP contribution in [0.3, 0.4) is 0 Å². The Bertz CT molecular complexity index is 283. The first-order valence-electron chi connectivity index (χ1n) is 4.29. The van der Waals surface area contributed by atoms with E-state index in [1.807, 2.05) is 0 Å². The first-order valence-corrected chi connectivity index (χ1v) is 5.84. The van der Waals surface area contributed by atoms with Gasteiger partial charge in [0, 0.05) is 12.1 Å². The summed E-state index contributed by atoms with van der Waals surface area (Å²) in [6.45, 7) is 0.422. The molecule has 78 valence electrons. The third kappa shape index (κ3) is 2.80. The molecule has 2 saturated carbocycles. The normalized spacial score (nSPS) is 25.0. The van der Waals surface area contributed by atoms with E-state index in [2.05, 4.69) is 4.72 Å². The van der Waals surface area contributed by atoms with Crippen LogP contribution in [0.1, 0.15) is 25.7 Å². The largest absolute Gasteiger partial charge is 0.324 e. The molecule has 0 amide bonds. The van der Waals surface area contributed by atoms with Crippen LogP contribution >= 0.6 is 12.4 Å². The lowest BCUT2D eigenvalue weighted by atomic mass is 10.3. The molecule has 0 heterocycles. The van der Waals surface area contributed by atoms with Crippen LogP contribution < -0.4 is 10.5 Å². The van der Waals surface area contributed by atoms with Crippen molar-refractivity contribution in [3.63, 3.8) is 0 Å². The van der Waals surface area contributed by atoms with Crippen molar-refractivity contribution in [3.05, 3.63) is 0 Å². The van der Waals surface area contributed by atoms with E-state index in [1.165, 1.54) is 0 Å². The lowest BCUT2D eigenvalue weighted by Gasteiger charge is -2.09. The maximum absolute atomic E-state index is 11.3. The molecule has 0 radical (unpaired) electrons. The lowest BCUT2D eigenvalue weighted by Crippen LogP contribution is -2.40. The molecule has 0 saturated heterocycles. The van der Waals surface area contributed by atoms with Crippen molar-refractivity contribution >= 4 is 22.4 Å². The minimum atomic E-state index is -3.01. The molecule has 4 nitrogen and oxygen atoms in total. The van der Waals surface area contributed by atoms with Crippen LogP contribution in [0.15, 0.2) is 0 Å². The Morgan fingerprint density at radius 2 is 1.92 bits per heavy atom. The van der Waals surface area contributed by atoms with Gasteiger partial charge in [0.1, 0.15) is 0 Å². The van der Waals surface area contributed by atoms with Crippen LogP contribution in [-0.2, 0) is 10.0 Å². The van der Waals surface area contributed by atoms with Gasteiger partial charge in [-0.25, -0.2) is 13.1 Å². The van der Waals surface area contributed by atoms with E-state index in [0.717, 1.165) is 25.7 Å². The zero-order chi connectivity index (χ0) is 8.82. The molecule has 3 N–H and O–H groups in total. The maximum atomic E-state index is 11.3. The highest BCUT2D eigenvalue weighted by Crippen LogP contribution is 2.32. The summed E-state index contributed by atoms with van der Waals surface area (Å²) in [5.74, 6) is 0. The van der Waals surface area contributed by atoms with Gasteiger partial charge in [-0.05, 0) is 25.7 Å². The summed E-state index contributed by atoms with van der Waals surface area (Å²) in [5, 5.41) is -0.125. The van der Waals surface area contributed by atoms with Gasteiger partial charge in [0.05, 0.1) is 5.25 Å². The molecule has 0 aromatic carbocycles. The van der Waals surface area contributed by atoms with E-state index in [1.54, 1.807) is 0 Å². The number of hydrogen-bond donors (Lipinski definition) is 2. The fourth-order valence-corrected chi connectivity index (χ4v) is 2.56. The molecule has 0 aromatic rings. The van der Waals surface area contributed by atoms with Gasteiger partial charge in [-0.1, -0.05) is 0 Å². The molecule has 0 spiro atoms. The van der Waals surface area contributed by atoms with E-state index in [0.29, 0.717) is 6.54 Å². The second kappa shape index (κ2) is 3.38. The smallest absolute Gasteiger partial charge is 0.214 e. The standard InChI is InChI=1S/C7H14N2O2S.ClH/c8-7(3-4-7)5-9-12(10,11)6-1-2-6;/h6,9H,1-5,8H2;1H. The SMILES string of the molecule is Cl.NC1(CNS(=O)(=O)C2CC2)CC1. The fraction of sp³-hybridized carbons (Fsp3) is 1.00. The van der Waals surface area contributed by atoms with Crippen LogP contribution in [0, 0.1) is 0 Å². The van der Waals surface area contributed by atoms with Gasteiger partial charge in [0.25, 0.3) is 0 Å². The molecule has 0 unspecified atom stereocenters. The van der Waals surface area contributed by atoms with Crippen molar-refractivity contribution in [1.29, 1.82) is 0 Å². The van der Waals surface area contributed by atoms with Crippen molar-refractivity contribution in [2.75, 3.05) is 6.54 Å². The van der Waals surface area contributed by atoms with E-state index < -0.39 is 10.0 Å². The molecule has 0 aliphatic heterocycles. The molecule has 2 aliphatic rings. The minimum Gasteiger partial charge on any atom is -0.324 e. The number of rotatable bonds is 4. The summed E-state index contributed by atoms with van der Waals surface area (Å²) in [7, 11) is -3.01. The lowest BCUT2D eigenvalue weighted by molar-refractivity contribution is 0.564. The summed E-state index contributed by atoms with van der Waals surface area (Å²) < 4.78 is 25.2. The molecule has 2 fully saturated rings. The highest BCUT2D eigenvalue weighted by Gasteiger charge is 2.41. The number of halogens is 1. The fourth-order valence-electron chi connectivity index (χ4n) is 1.08. The first-order chi connectivity index (χ1) is 5.52. The van der Waals surface area contributed by atoms with Crippen molar-refractivity contribution < 1.29 is 8.42 Å². The third-order valence-electron chi connectivity index (χ3n) is 2.48. The topological polar surface area (TPSA) is 72.2 Å². The van der Waals surface area contributed by atoms with Crippen LogP contribution in [0.25, 0.3) is 0 Å².